The topological polar surface area (TPSA) is 61.3 Å². The third-order valence-corrected chi connectivity index (χ3v) is 4.43. The highest BCUT2D eigenvalue weighted by atomic mass is 79.9. The van der Waals surface area contributed by atoms with Crippen molar-refractivity contribution in [3.05, 3.63) is 49.6 Å². The summed E-state index contributed by atoms with van der Waals surface area (Å²) < 4.78 is 14.0. The van der Waals surface area contributed by atoms with Gasteiger partial charge in [-0.15, -0.1) is 0 Å². The van der Waals surface area contributed by atoms with E-state index in [4.69, 9.17) is 14.9 Å². The van der Waals surface area contributed by atoms with Gasteiger partial charge < -0.3 is 14.9 Å². The smallest absolute Gasteiger partial charge is 0.233 e. The highest BCUT2D eigenvalue weighted by Crippen LogP contribution is 2.37. The number of benzene rings is 2. The van der Waals surface area contributed by atoms with E-state index in [0.717, 1.165) is 13.4 Å². The predicted molar refractivity (Wildman–Crippen MR) is 92.3 cm³/mol. The van der Waals surface area contributed by atoms with Crippen LogP contribution >= 0.6 is 47.8 Å². The maximum atomic E-state index is 5.86. The number of nitrogen functional groups attached to an aromatic ring is 1. The molecule has 3 rings (SSSR count). The van der Waals surface area contributed by atoms with Gasteiger partial charge in [0.25, 0.3) is 0 Å². The number of hydrogen-bond acceptors (Lipinski definition) is 4. The third kappa shape index (κ3) is 3.09. The van der Waals surface area contributed by atoms with Crippen LogP contribution in [0, 0.1) is 0 Å². The van der Waals surface area contributed by atoms with Gasteiger partial charge in [-0.25, -0.2) is 4.98 Å². The van der Waals surface area contributed by atoms with Gasteiger partial charge in [0.15, 0.2) is 12.2 Å². The normalized spacial score (nSPS) is 11.0. The van der Waals surface area contributed by atoms with Crippen molar-refractivity contribution in [2.45, 2.75) is 6.61 Å². The molecular weight excluding hydrogens is 468 g/mol. The molecule has 0 amide bonds. The number of anilines is 1. The van der Waals surface area contributed by atoms with Gasteiger partial charge in [-0.05, 0) is 56.1 Å². The molecule has 108 valence electrons. The summed E-state index contributed by atoms with van der Waals surface area (Å²) in [6.07, 6.45) is 0. The zero-order chi connectivity index (χ0) is 15.0. The van der Waals surface area contributed by atoms with Crippen molar-refractivity contribution < 1.29 is 9.15 Å². The highest BCUT2D eigenvalue weighted by Gasteiger charge is 2.12. The summed E-state index contributed by atoms with van der Waals surface area (Å²) >= 11 is 10.3. The molecule has 0 fully saturated rings. The van der Waals surface area contributed by atoms with E-state index in [1.54, 1.807) is 6.07 Å². The number of halogens is 3. The summed E-state index contributed by atoms with van der Waals surface area (Å²) in [6.45, 7) is 0.215. The molecule has 0 aliphatic heterocycles. The van der Waals surface area contributed by atoms with Gasteiger partial charge >= 0.3 is 0 Å². The van der Waals surface area contributed by atoms with Crippen LogP contribution in [0.4, 0.5) is 5.69 Å². The Balaban J connectivity index is 1.85. The maximum absolute atomic E-state index is 5.86. The van der Waals surface area contributed by atoms with E-state index in [1.165, 1.54) is 0 Å². The Hall–Kier alpha value is -1.05. The maximum Gasteiger partial charge on any atom is 0.233 e. The summed E-state index contributed by atoms with van der Waals surface area (Å²) in [5.41, 5.74) is 7.76. The zero-order valence-corrected chi connectivity index (χ0v) is 15.3. The number of para-hydroxylation sites is 1. The zero-order valence-electron chi connectivity index (χ0n) is 10.6. The lowest BCUT2D eigenvalue weighted by Gasteiger charge is -2.09. The van der Waals surface area contributed by atoms with Crippen LogP contribution in [0.2, 0.25) is 0 Å². The molecule has 7 heteroatoms. The number of rotatable bonds is 3. The second kappa shape index (κ2) is 5.98. The molecular formula is C14H9Br3N2O2. The molecule has 3 aromatic rings. The first-order valence-electron chi connectivity index (χ1n) is 5.96. The first kappa shape index (κ1) is 14.9. The lowest BCUT2D eigenvalue weighted by molar-refractivity contribution is 0.264. The van der Waals surface area contributed by atoms with Crippen LogP contribution in [-0.4, -0.2) is 4.98 Å². The van der Waals surface area contributed by atoms with Crippen LogP contribution in [0.1, 0.15) is 5.89 Å². The van der Waals surface area contributed by atoms with E-state index >= 15 is 0 Å². The summed E-state index contributed by atoms with van der Waals surface area (Å²) in [5, 5.41) is 0. The number of nitrogens with zero attached hydrogens (tertiary/aromatic N) is 1. The van der Waals surface area contributed by atoms with E-state index in [9.17, 15) is 0 Å². The number of nitrogens with two attached hydrogens (primary N) is 1. The van der Waals surface area contributed by atoms with Crippen molar-refractivity contribution in [3.8, 4) is 5.75 Å². The molecule has 0 unspecified atom stereocenters. The van der Waals surface area contributed by atoms with Crippen LogP contribution in [0.15, 0.2) is 48.2 Å². The van der Waals surface area contributed by atoms with Crippen molar-refractivity contribution in [3.63, 3.8) is 0 Å². The Morgan fingerprint density at radius 1 is 1.14 bits per heavy atom. The van der Waals surface area contributed by atoms with Crippen molar-refractivity contribution in [1.29, 1.82) is 0 Å². The standard InChI is InChI=1S/C14H9Br3N2O2/c15-7-4-8(16)14(9(17)5-7)20-6-12-19-13-10(18)2-1-3-11(13)21-12/h1-5H,6,18H2. The van der Waals surface area contributed by atoms with E-state index < -0.39 is 0 Å². The average molecular weight is 477 g/mol. The fourth-order valence-electron chi connectivity index (χ4n) is 1.88. The molecule has 1 aromatic heterocycles. The SMILES string of the molecule is Nc1cccc2oc(COc3c(Br)cc(Br)cc3Br)nc12. The molecule has 0 aliphatic carbocycles. The molecule has 0 atom stereocenters. The Bertz CT molecular complexity index is 794. The van der Waals surface area contributed by atoms with Crippen LogP contribution in [0.3, 0.4) is 0 Å². The first-order chi connectivity index (χ1) is 10.0. The summed E-state index contributed by atoms with van der Waals surface area (Å²) in [4.78, 5) is 4.35. The second-order valence-corrected chi connectivity index (χ2v) is 6.91. The van der Waals surface area contributed by atoms with Gasteiger partial charge in [0.2, 0.25) is 5.89 Å². The second-order valence-electron chi connectivity index (χ2n) is 4.29. The molecule has 2 N–H and O–H groups in total. The van der Waals surface area contributed by atoms with E-state index in [0.29, 0.717) is 28.4 Å². The lowest BCUT2D eigenvalue weighted by atomic mass is 10.3. The fourth-order valence-corrected chi connectivity index (χ4v) is 4.37. The van der Waals surface area contributed by atoms with E-state index in [2.05, 4.69) is 52.8 Å². The Labute approximate surface area is 146 Å². The first-order valence-corrected chi connectivity index (χ1v) is 8.34. The van der Waals surface area contributed by atoms with Gasteiger partial charge in [0.1, 0.15) is 11.3 Å². The molecule has 0 saturated heterocycles. The largest absolute Gasteiger partial charge is 0.481 e. The van der Waals surface area contributed by atoms with Crippen molar-refractivity contribution in [1.82, 2.24) is 4.98 Å². The Morgan fingerprint density at radius 3 is 2.52 bits per heavy atom. The molecule has 4 nitrogen and oxygen atoms in total. The van der Waals surface area contributed by atoms with E-state index in [1.807, 2.05) is 24.3 Å². The minimum absolute atomic E-state index is 0.215. The molecule has 2 aromatic carbocycles. The molecule has 0 saturated carbocycles. The summed E-state index contributed by atoms with van der Waals surface area (Å²) in [5.74, 6) is 1.16. The van der Waals surface area contributed by atoms with Gasteiger partial charge in [-0.1, -0.05) is 22.0 Å². The van der Waals surface area contributed by atoms with Crippen molar-refractivity contribution in [2.75, 3.05) is 5.73 Å². The minimum Gasteiger partial charge on any atom is -0.481 e. The van der Waals surface area contributed by atoms with Gasteiger partial charge in [0.05, 0.1) is 14.6 Å². The molecule has 21 heavy (non-hydrogen) atoms. The van der Waals surface area contributed by atoms with Crippen LogP contribution in [0.5, 0.6) is 5.75 Å². The fraction of sp³-hybridized carbons (Fsp3) is 0.0714. The Kier molecular flexibility index (Phi) is 4.24. The number of hydrogen-bond donors (Lipinski definition) is 1. The molecule has 1 heterocycles. The number of aromatic nitrogens is 1. The number of oxazole rings is 1. The van der Waals surface area contributed by atoms with Crippen LogP contribution in [-0.2, 0) is 6.61 Å². The lowest BCUT2D eigenvalue weighted by Crippen LogP contribution is -1.97. The van der Waals surface area contributed by atoms with Crippen LogP contribution in [0.25, 0.3) is 11.1 Å². The van der Waals surface area contributed by atoms with Crippen molar-refractivity contribution >= 4 is 64.6 Å². The molecule has 0 spiro atoms. The Morgan fingerprint density at radius 2 is 1.86 bits per heavy atom. The van der Waals surface area contributed by atoms with E-state index in [-0.39, 0.29) is 6.61 Å². The van der Waals surface area contributed by atoms with Gasteiger partial charge in [-0.2, -0.15) is 0 Å². The number of fused-ring (bicyclic) bond motifs is 1. The molecule has 0 bridgehead atoms. The average Bonchev–Trinajstić information content (AvgIpc) is 2.82. The van der Waals surface area contributed by atoms with Crippen LogP contribution < -0.4 is 10.5 Å². The monoisotopic (exact) mass is 474 g/mol. The van der Waals surface area contributed by atoms with Crippen molar-refractivity contribution in [2.24, 2.45) is 0 Å². The highest BCUT2D eigenvalue weighted by molar-refractivity contribution is 9.11. The molecule has 0 aliphatic rings. The third-order valence-electron chi connectivity index (χ3n) is 2.80. The van der Waals surface area contributed by atoms with Gasteiger partial charge in [-0.3, -0.25) is 0 Å². The summed E-state index contributed by atoms with van der Waals surface area (Å²) in [6, 6.07) is 9.26. The molecule has 0 radical (unpaired) electrons. The number of ether oxygens (including phenoxy) is 1. The minimum atomic E-state index is 0.215. The summed E-state index contributed by atoms with van der Waals surface area (Å²) in [7, 11) is 0. The van der Waals surface area contributed by atoms with Gasteiger partial charge in [0, 0.05) is 4.47 Å². The predicted octanol–water partition coefficient (Wildman–Crippen LogP) is 5.28. The quantitative estimate of drug-likeness (QED) is 0.523.